The van der Waals surface area contributed by atoms with Crippen molar-refractivity contribution in [2.75, 3.05) is 18.1 Å². The molecule has 0 spiro atoms. The van der Waals surface area contributed by atoms with Crippen molar-refractivity contribution in [1.29, 1.82) is 0 Å². The lowest BCUT2D eigenvalue weighted by Gasteiger charge is -2.19. The van der Waals surface area contributed by atoms with E-state index in [1.165, 1.54) is 11.1 Å². The average molecular weight is 275 g/mol. The number of benzene rings is 1. The minimum absolute atomic E-state index is 0.206. The second kappa shape index (κ2) is 5.75. The Morgan fingerprint density at radius 3 is 2.95 bits per heavy atom. The van der Waals surface area contributed by atoms with E-state index in [4.69, 9.17) is 4.52 Å². The van der Waals surface area contributed by atoms with Crippen LogP contribution in [0, 0.1) is 6.92 Å². The maximum Gasteiger partial charge on any atom is 0.244 e. The Morgan fingerprint density at radius 2 is 2.21 bits per heavy atom. The number of rotatable bonds is 3. The highest BCUT2D eigenvalue weighted by Crippen LogP contribution is 2.20. The summed E-state index contributed by atoms with van der Waals surface area (Å²) in [5, 5.41) is 7.48. The summed E-state index contributed by atoms with van der Waals surface area (Å²) in [7, 11) is 0. The first-order chi connectivity index (χ1) is 9.31. The number of thioether (sulfide) groups is 1. The molecule has 0 saturated carbocycles. The van der Waals surface area contributed by atoms with Crippen LogP contribution in [0.4, 0.5) is 0 Å². The average Bonchev–Trinajstić information content (AvgIpc) is 2.91. The normalized spacial score (nSPS) is 19.5. The van der Waals surface area contributed by atoms with Gasteiger partial charge in [-0.25, -0.2) is 0 Å². The standard InChI is InChI=1S/C14H17N3OS/c1-10-2-4-11(5-3-10)8-13-16-14(18-17-13)12-9-19-7-6-15-12/h2-5,12,15H,6-9H2,1H3. The van der Waals surface area contributed by atoms with Gasteiger partial charge in [-0.05, 0) is 12.5 Å². The van der Waals surface area contributed by atoms with Crippen LogP contribution in [-0.4, -0.2) is 28.2 Å². The first-order valence-electron chi connectivity index (χ1n) is 6.50. The Bertz CT molecular complexity index is 532. The van der Waals surface area contributed by atoms with Crippen molar-refractivity contribution in [3.8, 4) is 0 Å². The van der Waals surface area contributed by atoms with Crippen molar-refractivity contribution >= 4 is 11.8 Å². The van der Waals surface area contributed by atoms with Crippen LogP contribution < -0.4 is 5.32 Å². The Hall–Kier alpha value is -1.33. The molecule has 19 heavy (non-hydrogen) atoms. The van der Waals surface area contributed by atoms with Gasteiger partial charge in [0.1, 0.15) is 0 Å². The third kappa shape index (κ3) is 3.16. The molecule has 0 radical (unpaired) electrons. The van der Waals surface area contributed by atoms with Gasteiger partial charge < -0.3 is 9.84 Å². The Morgan fingerprint density at radius 1 is 1.37 bits per heavy atom. The molecule has 3 rings (SSSR count). The highest BCUT2D eigenvalue weighted by atomic mass is 32.2. The summed E-state index contributed by atoms with van der Waals surface area (Å²) in [6.07, 6.45) is 0.726. The van der Waals surface area contributed by atoms with Crippen LogP contribution in [-0.2, 0) is 6.42 Å². The largest absolute Gasteiger partial charge is 0.338 e. The summed E-state index contributed by atoms with van der Waals surface area (Å²) in [6, 6.07) is 8.64. The molecule has 0 amide bonds. The highest BCUT2D eigenvalue weighted by Gasteiger charge is 2.21. The molecule has 2 aromatic rings. The van der Waals surface area contributed by atoms with Gasteiger partial charge in [0.15, 0.2) is 5.82 Å². The molecule has 0 bridgehead atoms. The number of hydrogen-bond acceptors (Lipinski definition) is 5. The van der Waals surface area contributed by atoms with Crippen molar-refractivity contribution in [2.24, 2.45) is 0 Å². The van der Waals surface area contributed by atoms with Gasteiger partial charge in [0.2, 0.25) is 5.89 Å². The van der Waals surface area contributed by atoms with Crippen LogP contribution in [0.25, 0.3) is 0 Å². The van der Waals surface area contributed by atoms with E-state index >= 15 is 0 Å². The van der Waals surface area contributed by atoms with Crippen LogP contribution in [0.15, 0.2) is 28.8 Å². The van der Waals surface area contributed by atoms with E-state index in [0.717, 1.165) is 30.3 Å². The van der Waals surface area contributed by atoms with Crippen LogP contribution in [0.1, 0.15) is 28.9 Å². The summed E-state index contributed by atoms with van der Waals surface area (Å²) in [6.45, 7) is 3.09. The van der Waals surface area contributed by atoms with Crippen molar-refractivity contribution in [2.45, 2.75) is 19.4 Å². The summed E-state index contributed by atoms with van der Waals surface area (Å²) in [5.74, 6) is 3.64. The molecule has 1 atom stereocenters. The molecule has 2 heterocycles. The van der Waals surface area contributed by atoms with Crippen LogP contribution in [0.5, 0.6) is 0 Å². The summed E-state index contributed by atoms with van der Waals surface area (Å²) < 4.78 is 5.36. The molecule has 5 heteroatoms. The van der Waals surface area contributed by atoms with Crippen molar-refractivity contribution in [3.05, 3.63) is 47.1 Å². The maximum absolute atomic E-state index is 5.36. The van der Waals surface area contributed by atoms with E-state index < -0.39 is 0 Å². The summed E-state index contributed by atoms with van der Waals surface area (Å²) in [4.78, 5) is 4.50. The Kier molecular flexibility index (Phi) is 3.84. The zero-order chi connectivity index (χ0) is 13.1. The van der Waals surface area contributed by atoms with Gasteiger partial charge in [-0.3, -0.25) is 0 Å². The molecule has 1 aliphatic rings. The lowest BCUT2D eigenvalue weighted by atomic mass is 10.1. The lowest BCUT2D eigenvalue weighted by molar-refractivity contribution is 0.339. The summed E-state index contributed by atoms with van der Waals surface area (Å²) in [5.41, 5.74) is 2.48. The first kappa shape index (κ1) is 12.7. The van der Waals surface area contributed by atoms with E-state index in [-0.39, 0.29) is 6.04 Å². The van der Waals surface area contributed by atoms with Crippen LogP contribution in [0.3, 0.4) is 0 Å². The second-order valence-electron chi connectivity index (χ2n) is 4.79. The molecule has 1 unspecified atom stereocenters. The van der Waals surface area contributed by atoms with E-state index in [2.05, 4.69) is 46.6 Å². The monoisotopic (exact) mass is 275 g/mol. The van der Waals surface area contributed by atoms with E-state index in [9.17, 15) is 0 Å². The predicted molar refractivity (Wildman–Crippen MR) is 76.4 cm³/mol. The Balaban J connectivity index is 1.68. The van der Waals surface area contributed by atoms with Gasteiger partial charge >= 0.3 is 0 Å². The third-order valence-corrected chi connectivity index (χ3v) is 4.25. The molecule has 1 saturated heterocycles. The fourth-order valence-electron chi connectivity index (χ4n) is 2.09. The number of nitrogens with one attached hydrogen (secondary N) is 1. The van der Waals surface area contributed by atoms with Gasteiger partial charge in [-0.1, -0.05) is 35.0 Å². The zero-order valence-corrected chi connectivity index (χ0v) is 11.7. The van der Waals surface area contributed by atoms with Crippen molar-refractivity contribution in [1.82, 2.24) is 15.5 Å². The Labute approximate surface area is 117 Å². The van der Waals surface area contributed by atoms with E-state index in [1.54, 1.807) is 0 Å². The SMILES string of the molecule is Cc1ccc(Cc2noc(C3CSCCN3)n2)cc1. The minimum Gasteiger partial charge on any atom is -0.338 e. The molecule has 0 aliphatic carbocycles. The molecule has 1 N–H and O–H groups in total. The van der Waals surface area contributed by atoms with E-state index in [1.807, 2.05) is 11.8 Å². The van der Waals surface area contributed by atoms with E-state index in [0.29, 0.717) is 5.89 Å². The number of hydrogen-bond donors (Lipinski definition) is 1. The quantitative estimate of drug-likeness (QED) is 0.932. The smallest absolute Gasteiger partial charge is 0.244 e. The minimum atomic E-state index is 0.206. The molecular formula is C14H17N3OS. The molecule has 1 fully saturated rings. The number of aromatic nitrogens is 2. The third-order valence-electron chi connectivity index (χ3n) is 3.19. The van der Waals surface area contributed by atoms with Gasteiger partial charge in [0.05, 0.1) is 6.04 Å². The molecule has 1 aromatic heterocycles. The number of aryl methyl sites for hydroxylation is 1. The number of nitrogens with zero attached hydrogens (tertiary/aromatic N) is 2. The molecule has 4 nitrogen and oxygen atoms in total. The van der Waals surface area contributed by atoms with Gasteiger partial charge in [0.25, 0.3) is 0 Å². The van der Waals surface area contributed by atoms with Crippen molar-refractivity contribution < 1.29 is 4.52 Å². The van der Waals surface area contributed by atoms with Crippen LogP contribution in [0.2, 0.25) is 0 Å². The van der Waals surface area contributed by atoms with Gasteiger partial charge in [-0.15, -0.1) is 0 Å². The zero-order valence-electron chi connectivity index (χ0n) is 10.9. The molecule has 100 valence electrons. The maximum atomic E-state index is 5.36. The molecule has 1 aliphatic heterocycles. The molecule has 1 aromatic carbocycles. The first-order valence-corrected chi connectivity index (χ1v) is 7.66. The summed E-state index contributed by atoms with van der Waals surface area (Å²) >= 11 is 1.92. The fraction of sp³-hybridized carbons (Fsp3) is 0.429. The molecular weight excluding hydrogens is 258 g/mol. The fourth-order valence-corrected chi connectivity index (χ4v) is 3.02. The van der Waals surface area contributed by atoms with Gasteiger partial charge in [0, 0.05) is 24.5 Å². The lowest BCUT2D eigenvalue weighted by Crippen LogP contribution is -2.30. The van der Waals surface area contributed by atoms with Crippen molar-refractivity contribution in [3.63, 3.8) is 0 Å². The van der Waals surface area contributed by atoms with Gasteiger partial charge in [-0.2, -0.15) is 16.7 Å². The van der Waals surface area contributed by atoms with Crippen LogP contribution >= 0.6 is 11.8 Å². The highest BCUT2D eigenvalue weighted by molar-refractivity contribution is 7.99. The second-order valence-corrected chi connectivity index (χ2v) is 5.94. The topological polar surface area (TPSA) is 51.0 Å². The predicted octanol–water partition coefficient (Wildman–Crippen LogP) is 2.35.